The predicted octanol–water partition coefficient (Wildman–Crippen LogP) is 3.06. The van der Waals surface area contributed by atoms with Crippen LogP contribution in [0.4, 0.5) is 0 Å². The summed E-state index contributed by atoms with van der Waals surface area (Å²) in [5, 5.41) is 37.7. The highest BCUT2D eigenvalue weighted by Crippen LogP contribution is 2.26. The van der Waals surface area contributed by atoms with Gasteiger partial charge in [0.05, 0.1) is 13.2 Å². The molecule has 4 N–H and O–H groups in total. The standard InChI is InChI=1S/C18H24O4/c1-12(7-16(10-19)14(3)21)5-4-6-15-8-13(2)9-17(11-20)18(15)22/h5,7-9,19-22H,3-4,6,10-11H2,1-2H3/b12-5-,16-7-. The number of aryl methyl sites for hydroxylation is 2. The van der Waals surface area contributed by atoms with E-state index in [-0.39, 0.29) is 24.7 Å². The molecule has 0 aromatic heterocycles. The molecule has 22 heavy (non-hydrogen) atoms. The van der Waals surface area contributed by atoms with Gasteiger partial charge in [0, 0.05) is 11.1 Å². The first kappa shape index (κ1) is 18.0. The molecule has 0 fully saturated rings. The van der Waals surface area contributed by atoms with Gasteiger partial charge in [0.1, 0.15) is 11.5 Å². The Kier molecular flexibility index (Phi) is 6.89. The van der Waals surface area contributed by atoms with Crippen molar-refractivity contribution in [2.75, 3.05) is 6.61 Å². The Morgan fingerprint density at radius 1 is 1.23 bits per heavy atom. The molecule has 0 aliphatic rings. The minimum Gasteiger partial charge on any atom is -0.508 e. The molecule has 1 aromatic rings. The Bertz CT molecular complexity index is 597. The number of benzene rings is 1. The SMILES string of the molecule is C=C(O)/C(=C\C(C)=C/CCc1cc(C)cc(CO)c1O)CO. The monoisotopic (exact) mass is 304 g/mol. The highest BCUT2D eigenvalue weighted by molar-refractivity contribution is 5.43. The van der Waals surface area contributed by atoms with E-state index in [1.165, 1.54) is 0 Å². The second kappa shape index (κ2) is 8.41. The number of aliphatic hydroxyl groups excluding tert-OH is 3. The van der Waals surface area contributed by atoms with Crippen LogP contribution in [0, 0.1) is 6.92 Å². The first-order valence-electron chi connectivity index (χ1n) is 7.17. The maximum atomic E-state index is 10.1. The van der Waals surface area contributed by atoms with E-state index in [2.05, 4.69) is 6.58 Å². The molecule has 0 radical (unpaired) electrons. The zero-order valence-corrected chi connectivity index (χ0v) is 13.1. The van der Waals surface area contributed by atoms with Crippen LogP contribution in [0.25, 0.3) is 0 Å². The Morgan fingerprint density at radius 2 is 1.86 bits per heavy atom. The van der Waals surface area contributed by atoms with Crippen molar-refractivity contribution in [2.24, 2.45) is 0 Å². The number of aliphatic hydroxyl groups is 3. The summed E-state index contributed by atoms with van der Waals surface area (Å²) in [7, 11) is 0. The highest BCUT2D eigenvalue weighted by atomic mass is 16.3. The number of aromatic hydroxyl groups is 1. The van der Waals surface area contributed by atoms with Gasteiger partial charge in [0.25, 0.3) is 0 Å². The first-order chi connectivity index (χ1) is 10.4. The lowest BCUT2D eigenvalue weighted by atomic mass is 10.0. The van der Waals surface area contributed by atoms with Crippen LogP contribution in [0.1, 0.15) is 30.0 Å². The van der Waals surface area contributed by atoms with Crippen molar-refractivity contribution >= 4 is 0 Å². The van der Waals surface area contributed by atoms with Crippen LogP contribution < -0.4 is 0 Å². The maximum Gasteiger partial charge on any atom is 0.124 e. The van der Waals surface area contributed by atoms with Gasteiger partial charge in [-0.25, -0.2) is 0 Å². The van der Waals surface area contributed by atoms with Crippen molar-refractivity contribution in [3.8, 4) is 5.75 Å². The third kappa shape index (κ3) is 5.06. The van der Waals surface area contributed by atoms with Crippen LogP contribution in [0.3, 0.4) is 0 Å². The molecule has 0 saturated carbocycles. The van der Waals surface area contributed by atoms with Crippen LogP contribution >= 0.6 is 0 Å². The third-order valence-electron chi connectivity index (χ3n) is 3.41. The molecule has 1 rings (SSSR count). The molecule has 0 spiro atoms. The normalized spacial score (nSPS) is 12.5. The largest absolute Gasteiger partial charge is 0.508 e. The van der Waals surface area contributed by atoms with Crippen LogP contribution in [0.2, 0.25) is 0 Å². The van der Waals surface area contributed by atoms with E-state index in [1.807, 2.05) is 26.0 Å². The van der Waals surface area contributed by atoms with E-state index in [1.54, 1.807) is 12.1 Å². The van der Waals surface area contributed by atoms with Gasteiger partial charge in [-0.2, -0.15) is 0 Å². The zero-order valence-electron chi connectivity index (χ0n) is 13.1. The summed E-state index contributed by atoms with van der Waals surface area (Å²) < 4.78 is 0. The second-order valence-electron chi connectivity index (χ2n) is 5.35. The number of phenols is 1. The molecule has 0 aliphatic heterocycles. The maximum absolute atomic E-state index is 10.1. The van der Waals surface area contributed by atoms with Gasteiger partial charge in [-0.05, 0) is 32.3 Å². The quantitative estimate of drug-likeness (QED) is 0.461. The first-order valence-corrected chi connectivity index (χ1v) is 7.17. The van der Waals surface area contributed by atoms with E-state index >= 15 is 0 Å². The fraction of sp³-hybridized carbons (Fsp3) is 0.333. The number of hydrogen-bond acceptors (Lipinski definition) is 4. The fourth-order valence-corrected chi connectivity index (χ4v) is 2.25. The van der Waals surface area contributed by atoms with E-state index in [0.29, 0.717) is 24.0 Å². The van der Waals surface area contributed by atoms with Crippen molar-refractivity contribution in [1.29, 1.82) is 0 Å². The Hall–Kier alpha value is -2.04. The molecule has 4 nitrogen and oxygen atoms in total. The van der Waals surface area contributed by atoms with Crippen LogP contribution in [0.15, 0.2) is 47.8 Å². The lowest BCUT2D eigenvalue weighted by molar-refractivity contribution is 0.275. The summed E-state index contributed by atoms with van der Waals surface area (Å²) in [6.07, 6.45) is 4.97. The number of rotatable bonds is 7. The molecule has 120 valence electrons. The van der Waals surface area contributed by atoms with Gasteiger partial charge in [-0.15, -0.1) is 0 Å². The summed E-state index contributed by atoms with van der Waals surface area (Å²) >= 11 is 0. The van der Waals surface area contributed by atoms with Crippen LogP contribution in [-0.2, 0) is 13.0 Å². The summed E-state index contributed by atoms with van der Waals surface area (Å²) in [4.78, 5) is 0. The summed E-state index contributed by atoms with van der Waals surface area (Å²) in [5.74, 6) is 0.00800. The minimum absolute atomic E-state index is 0.140. The smallest absolute Gasteiger partial charge is 0.124 e. The van der Waals surface area contributed by atoms with E-state index in [4.69, 9.17) is 5.11 Å². The summed E-state index contributed by atoms with van der Waals surface area (Å²) in [6.45, 7) is 6.73. The molecule has 1 aromatic carbocycles. The van der Waals surface area contributed by atoms with Crippen molar-refractivity contribution in [3.63, 3.8) is 0 Å². The molecule has 0 saturated heterocycles. The molecule has 0 atom stereocenters. The summed E-state index contributed by atoms with van der Waals surface area (Å²) in [5.41, 5.74) is 3.61. The Morgan fingerprint density at radius 3 is 2.41 bits per heavy atom. The van der Waals surface area contributed by atoms with E-state index in [0.717, 1.165) is 16.7 Å². The average Bonchev–Trinajstić information content (AvgIpc) is 2.47. The van der Waals surface area contributed by atoms with Gasteiger partial charge in [-0.3, -0.25) is 0 Å². The minimum atomic E-state index is -0.265. The molecular weight excluding hydrogens is 280 g/mol. The topological polar surface area (TPSA) is 80.9 Å². The van der Waals surface area contributed by atoms with Gasteiger partial charge < -0.3 is 20.4 Å². The third-order valence-corrected chi connectivity index (χ3v) is 3.41. The lowest BCUT2D eigenvalue weighted by Gasteiger charge is -2.09. The highest BCUT2D eigenvalue weighted by Gasteiger charge is 2.07. The molecule has 0 unspecified atom stereocenters. The zero-order chi connectivity index (χ0) is 16.7. The fourth-order valence-electron chi connectivity index (χ4n) is 2.25. The van der Waals surface area contributed by atoms with Gasteiger partial charge >= 0.3 is 0 Å². The van der Waals surface area contributed by atoms with Gasteiger partial charge in [0.15, 0.2) is 0 Å². The number of allylic oxidation sites excluding steroid dienone is 3. The number of hydrogen-bond donors (Lipinski definition) is 4. The van der Waals surface area contributed by atoms with Crippen molar-refractivity contribution in [1.82, 2.24) is 0 Å². The molecule has 0 bridgehead atoms. The van der Waals surface area contributed by atoms with Crippen molar-refractivity contribution < 1.29 is 20.4 Å². The second-order valence-corrected chi connectivity index (χ2v) is 5.35. The molecule has 0 amide bonds. The van der Waals surface area contributed by atoms with Gasteiger partial charge in [0.2, 0.25) is 0 Å². The van der Waals surface area contributed by atoms with E-state index in [9.17, 15) is 15.3 Å². The van der Waals surface area contributed by atoms with Crippen LogP contribution in [0.5, 0.6) is 5.75 Å². The lowest BCUT2D eigenvalue weighted by Crippen LogP contribution is -1.94. The molecule has 0 aliphatic carbocycles. The molecule has 0 heterocycles. The average molecular weight is 304 g/mol. The Labute approximate surface area is 131 Å². The van der Waals surface area contributed by atoms with Gasteiger partial charge in [-0.1, -0.05) is 42.0 Å². The summed E-state index contributed by atoms with van der Waals surface area (Å²) in [6, 6.07) is 3.67. The van der Waals surface area contributed by atoms with Crippen molar-refractivity contribution in [3.05, 3.63) is 64.5 Å². The molecule has 4 heteroatoms. The van der Waals surface area contributed by atoms with Crippen molar-refractivity contribution in [2.45, 2.75) is 33.3 Å². The Balaban J connectivity index is 2.81. The van der Waals surface area contributed by atoms with E-state index < -0.39 is 0 Å². The molecular formula is C18H24O4. The van der Waals surface area contributed by atoms with Crippen LogP contribution in [-0.4, -0.2) is 27.0 Å². The predicted molar refractivity (Wildman–Crippen MR) is 87.8 cm³/mol.